The Labute approximate surface area is 151 Å². The highest BCUT2D eigenvalue weighted by molar-refractivity contribution is 8.26. The van der Waals surface area contributed by atoms with Crippen molar-refractivity contribution in [2.45, 2.75) is 0 Å². The first-order chi connectivity index (χ1) is 11.7. The Balaban J connectivity index is 1.63. The predicted octanol–water partition coefficient (Wildman–Crippen LogP) is 2.23. The summed E-state index contributed by atoms with van der Waals surface area (Å²) >= 11 is 6.75. The molecule has 7 heteroatoms. The van der Waals surface area contributed by atoms with Gasteiger partial charge in [0.1, 0.15) is 10.1 Å². The van der Waals surface area contributed by atoms with Crippen LogP contribution in [0.5, 0.6) is 5.75 Å². The van der Waals surface area contributed by atoms with Gasteiger partial charge in [-0.2, -0.15) is 0 Å². The molecule has 0 spiro atoms. The molecule has 0 saturated carbocycles. The molecule has 0 aromatic heterocycles. The molecule has 2 heterocycles. The maximum absolute atomic E-state index is 12.6. The molecule has 5 nitrogen and oxygen atoms in total. The van der Waals surface area contributed by atoms with Crippen LogP contribution in [0, 0.1) is 0 Å². The maximum Gasteiger partial charge on any atom is 0.266 e. The highest BCUT2D eigenvalue weighted by Gasteiger charge is 2.32. The first-order valence-electron chi connectivity index (χ1n) is 7.87. The Bertz CT molecular complexity index is 640. The summed E-state index contributed by atoms with van der Waals surface area (Å²) in [4.78, 5) is 17.3. The summed E-state index contributed by atoms with van der Waals surface area (Å²) < 4.78 is 11.1. The molecule has 3 rings (SSSR count). The number of amides is 1. The fourth-order valence-corrected chi connectivity index (χ4v) is 3.92. The number of hydrogen-bond donors (Lipinski definition) is 0. The van der Waals surface area contributed by atoms with Crippen LogP contribution in [0.3, 0.4) is 0 Å². The largest absolute Gasteiger partial charge is 0.497 e. The van der Waals surface area contributed by atoms with Crippen LogP contribution in [-0.2, 0) is 9.53 Å². The number of benzene rings is 1. The van der Waals surface area contributed by atoms with Gasteiger partial charge in [-0.15, -0.1) is 0 Å². The Hall–Kier alpha value is -1.41. The van der Waals surface area contributed by atoms with Gasteiger partial charge in [0.05, 0.1) is 25.2 Å². The summed E-state index contributed by atoms with van der Waals surface area (Å²) in [7, 11) is 1.63. The van der Waals surface area contributed by atoms with Crippen LogP contribution in [0.25, 0.3) is 6.08 Å². The fourth-order valence-electron chi connectivity index (χ4n) is 2.61. The fraction of sp³-hybridized carbons (Fsp3) is 0.412. The van der Waals surface area contributed by atoms with Gasteiger partial charge in [0.25, 0.3) is 5.91 Å². The zero-order valence-electron chi connectivity index (χ0n) is 13.6. The van der Waals surface area contributed by atoms with Gasteiger partial charge in [0.15, 0.2) is 0 Å². The van der Waals surface area contributed by atoms with E-state index in [4.69, 9.17) is 21.7 Å². The lowest BCUT2D eigenvalue weighted by molar-refractivity contribution is -0.122. The van der Waals surface area contributed by atoms with Crippen LogP contribution < -0.4 is 4.74 Å². The summed E-state index contributed by atoms with van der Waals surface area (Å²) in [5, 5.41) is 0. The first-order valence-corrected chi connectivity index (χ1v) is 9.09. The van der Waals surface area contributed by atoms with E-state index in [1.165, 1.54) is 11.8 Å². The van der Waals surface area contributed by atoms with Crippen molar-refractivity contribution in [1.29, 1.82) is 0 Å². The summed E-state index contributed by atoms with van der Waals surface area (Å²) in [6, 6.07) is 7.62. The van der Waals surface area contributed by atoms with E-state index in [9.17, 15) is 4.79 Å². The van der Waals surface area contributed by atoms with Crippen molar-refractivity contribution in [3.05, 3.63) is 34.7 Å². The second-order valence-electron chi connectivity index (χ2n) is 5.56. The van der Waals surface area contributed by atoms with E-state index in [0.717, 1.165) is 44.2 Å². The topological polar surface area (TPSA) is 42.0 Å². The molecule has 2 saturated heterocycles. The second-order valence-corrected chi connectivity index (χ2v) is 7.24. The van der Waals surface area contributed by atoms with Crippen LogP contribution in [0.2, 0.25) is 0 Å². The van der Waals surface area contributed by atoms with E-state index in [1.54, 1.807) is 12.0 Å². The van der Waals surface area contributed by atoms with Crippen molar-refractivity contribution < 1.29 is 14.3 Å². The number of carbonyl (C=O) groups is 1. The first kappa shape index (κ1) is 17.4. The van der Waals surface area contributed by atoms with Crippen LogP contribution in [0.15, 0.2) is 29.2 Å². The lowest BCUT2D eigenvalue weighted by Gasteiger charge is -2.28. The summed E-state index contributed by atoms with van der Waals surface area (Å²) in [5.74, 6) is 0.791. The molecule has 2 fully saturated rings. The molecule has 0 N–H and O–H groups in total. The maximum atomic E-state index is 12.6. The number of thiocarbonyl (C=S) groups is 1. The molecule has 1 aromatic carbocycles. The molecular weight excluding hydrogens is 344 g/mol. The van der Waals surface area contributed by atoms with Crippen molar-refractivity contribution >= 4 is 40.3 Å². The van der Waals surface area contributed by atoms with Crippen LogP contribution in [0.1, 0.15) is 5.56 Å². The number of carbonyl (C=O) groups excluding carboxylic acids is 1. The summed E-state index contributed by atoms with van der Waals surface area (Å²) in [6.07, 6.45) is 1.88. The minimum Gasteiger partial charge on any atom is -0.497 e. The highest BCUT2D eigenvalue weighted by Crippen LogP contribution is 2.32. The van der Waals surface area contributed by atoms with Gasteiger partial charge in [-0.05, 0) is 23.8 Å². The van der Waals surface area contributed by atoms with Gasteiger partial charge in [-0.3, -0.25) is 14.6 Å². The second kappa shape index (κ2) is 8.11. The van der Waals surface area contributed by atoms with Crippen molar-refractivity contribution in [3.8, 4) is 5.75 Å². The average Bonchev–Trinajstić information content (AvgIpc) is 2.88. The molecule has 0 radical (unpaired) electrons. The van der Waals surface area contributed by atoms with Crippen LogP contribution >= 0.6 is 24.0 Å². The van der Waals surface area contributed by atoms with E-state index in [-0.39, 0.29) is 5.91 Å². The molecule has 2 aliphatic heterocycles. The molecular formula is C17H20N2O3S2. The molecule has 0 bridgehead atoms. The van der Waals surface area contributed by atoms with Gasteiger partial charge in [0, 0.05) is 26.2 Å². The quantitative estimate of drug-likeness (QED) is 0.590. The Morgan fingerprint density at radius 2 is 1.96 bits per heavy atom. The van der Waals surface area contributed by atoms with Crippen molar-refractivity contribution in [1.82, 2.24) is 9.80 Å². The SMILES string of the molecule is COc1ccc(/C=C2/SC(=S)N(CCN3CCOCC3)C2=O)cc1. The molecule has 1 aromatic rings. The standard InChI is InChI=1S/C17H20N2O3S2/c1-21-14-4-2-13(3-5-14)12-15-16(20)19(17(23)24-15)7-6-18-8-10-22-11-9-18/h2-5,12H,6-11H2,1H3/b15-12+. The third-order valence-corrected chi connectivity index (χ3v) is 5.41. The smallest absolute Gasteiger partial charge is 0.266 e. The van der Waals surface area contributed by atoms with Crippen molar-refractivity contribution in [2.24, 2.45) is 0 Å². The minimum atomic E-state index is -0.00548. The predicted molar refractivity (Wildman–Crippen MR) is 100 cm³/mol. The third kappa shape index (κ3) is 4.16. The monoisotopic (exact) mass is 364 g/mol. The minimum absolute atomic E-state index is 0.00548. The summed E-state index contributed by atoms with van der Waals surface area (Å²) in [5.41, 5.74) is 0.962. The van der Waals surface area contributed by atoms with E-state index in [2.05, 4.69) is 4.90 Å². The number of thioether (sulfide) groups is 1. The number of morpholine rings is 1. The number of rotatable bonds is 5. The lowest BCUT2D eigenvalue weighted by Crippen LogP contribution is -2.42. The molecule has 0 unspecified atom stereocenters. The van der Waals surface area contributed by atoms with Gasteiger partial charge in [0.2, 0.25) is 0 Å². The molecule has 128 valence electrons. The Morgan fingerprint density at radius 1 is 1.25 bits per heavy atom. The molecule has 0 aliphatic carbocycles. The van der Waals surface area contributed by atoms with Crippen molar-refractivity contribution in [3.63, 3.8) is 0 Å². The lowest BCUT2D eigenvalue weighted by atomic mass is 10.2. The summed E-state index contributed by atoms with van der Waals surface area (Å²) in [6.45, 7) is 4.80. The van der Waals surface area contributed by atoms with Gasteiger partial charge in [-0.25, -0.2) is 0 Å². The number of methoxy groups -OCH3 is 1. The van der Waals surface area contributed by atoms with Gasteiger partial charge < -0.3 is 9.47 Å². The van der Waals surface area contributed by atoms with E-state index in [0.29, 0.717) is 15.8 Å². The van der Waals surface area contributed by atoms with Gasteiger partial charge >= 0.3 is 0 Å². The average molecular weight is 364 g/mol. The third-order valence-electron chi connectivity index (χ3n) is 4.03. The number of nitrogens with zero attached hydrogens (tertiary/aromatic N) is 2. The highest BCUT2D eigenvalue weighted by atomic mass is 32.2. The van der Waals surface area contributed by atoms with Crippen LogP contribution in [-0.4, -0.2) is 66.5 Å². The van der Waals surface area contributed by atoms with Gasteiger partial charge in [-0.1, -0.05) is 36.1 Å². The normalized spacial score (nSPS) is 20.9. The molecule has 24 heavy (non-hydrogen) atoms. The number of ether oxygens (including phenoxy) is 2. The Morgan fingerprint density at radius 3 is 2.62 bits per heavy atom. The number of hydrogen-bond acceptors (Lipinski definition) is 6. The van der Waals surface area contributed by atoms with E-state index in [1.807, 2.05) is 30.3 Å². The van der Waals surface area contributed by atoms with Crippen LogP contribution in [0.4, 0.5) is 0 Å². The molecule has 2 aliphatic rings. The molecule has 0 atom stereocenters. The molecule has 1 amide bonds. The Kier molecular flexibility index (Phi) is 5.89. The zero-order chi connectivity index (χ0) is 16.9. The van der Waals surface area contributed by atoms with Crippen molar-refractivity contribution in [2.75, 3.05) is 46.5 Å². The van der Waals surface area contributed by atoms with E-state index < -0.39 is 0 Å². The zero-order valence-corrected chi connectivity index (χ0v) is 15.2. The van der Waals surface area contributed by atoms with E-state index >= 15 is 0 Å².